The Bertz CT molecular complexity index is 540. The van der Waals surface area contributed by atoms with E-state index in [0.29, 0.717) is 6.54 Å². The van der Waals surface area contributed by atoms with Crippen LogP contribution in [0, 0.1) is 0 Å². The van der Waals surface area contributed by atoms with Crippen LogP contribution in [-0.4, -0.2) is 23.5 Å². The van der Waals surface area contributed by atoms with Crippen molar-refractivity contribution in [2.45, 2.75) is 38.8 Å². The third kappa shape index (κ3) is 4.13. The van der Waals surface area contributed by atoms with Gasteiger partial charge in [0.05, 0.1) is 11.2 Å². The first kappa shape index (κ1) is 16.1. The van der Waals surface area contributed by atoms with Gasteiger partial charge in [-0.15, -0.1) is 11.3 Å². The first-order valence-corrected chi connectivity index (χ1v) is 8.24. The van der Waals surface area contributed by atoms with Gasteiger partial charge in [0.2, 0.25) is 0 Å². The Kier molecular flexibility index (Phi) is 5.14. The molecule has 2 N–H and O–H groups in total. The zero-order valence-electron chi connectivity index (χ0n) is 13.3. The zero-order chi connectivity index (χ0) is 15.5. The second-order valence-corrected chi connectivity index (χ2v) is 7.24. The van der Waals surface area contributed by atoms with Crippen molar-refractivity contribution in [3.63, 3.8) is 0 Å². The smallest absolute Gasteiger partial charge is 0.0795 e. The van der Waals surface area contributed by atoms with Crippen LogP contribution in [0.2, 0.25) is 0 Å². The Morgan fingerprint density at radius 1 is 1.24 bits per heavy atom. The summed E-state index contributed by atoms with van der Waals surface area (Å²) >= 11 is 1.63. The highest BCUT2D eigenvalue weighted by atomic mass is 32.1. The Labute approximate surface area is 131 Å². The fraction of sp³-hybridized carbons (Fsp3) is 0.471. The fourth-order valence-corrected chi connectivity index (χ4v) is 3.01. The highest BCUT2D eigenvalue weighted by Gasteiger charge is 2.18. The molecule has 0 radical (unpaired) electrons. The van der Waals surface area contributed by atoms with E-state index in [1.165, 1.54) is 11.1 Å². The second-order valence-electron chi connectivity index (χ2n) is 6.52. The third-order valence-electron chi connectivity index (χ3n) is 3.81. The van der Waals surface area contributed by atoms with E-state index in [-0.39, 0.29) is 11.5 Å². The standard InChI is InChI=1S/C17H25N3S/c1-17(2,3)14-7-5-13(6-8-14)16(9-18)20(4)10-15-11-21-12-19-15/h5-8,11-12,16H,9-10,18H2,1-4H3. The number of hydrogen-bond acceptors (Lipinski definition) is 4. The monoisotopic (exact) mass is 303 g/mol. The summed E-state index contributed by atoms with van der Waals surface area (Å²) in [5, 5.41) is 2.09. The van der Waals surface area contributed by atoms with Gasteiger partial charge in [-0.3, -0.25) is 4.90 Å². The molecule has 0 aliphatic carbocycles. The van der Waals surface area contributed by atoms with E-state index in [4.69, 9.17) is 5.73 Å². The fourth-order valence-electron chi connectivity index (χ4n) is 2.46. The van der Waals surface area contributed by atoms with Crippen molar-refractivity contribution in [3.05, 3.63) is 52.0 Å². The molecular weight excluding hydrogens is 278 g/mol. The average molecular weight is 303 g/mol. The van der Waals surface area contributed by atoms with E-state index in [2.05, 4.69) is 67.3 Å². The molecule has 0 aliphatic heterocycles. The largest absolute Gasteiger partial charge is 0.329 e. The van der Waals surface area contributed by atoms with Gasteiger partial charge in [0, 0.05) is 24.5 Å². The maximum Gasteiger partial charge on any atom is 0.0795 e. The Morgan fingerprint density at radius 2 is 1.90 bits per heavy atom. The minimum absolute atomic E-state index is 0.184. The number of hydrogen-bond donors (Lipinski definition) is 1. The summed E-state index contributed by atoms with van der Waals surface area (Å²) in [5.74, 6) is 0. The van der Waals surface area contributed by atoms with E-state index < -0.39 is 0 Å². The molecule has 0 saturated heterocycles. The first-order valence-electron chi connectivity index (χ1n) is 7.29. The summed E-state index contributed by atoms with van der Waals surface area (Å²) in [4.78, 5) is 6.61. The Morgan fingerprint density at radius 3 is 2.38 bits per heavy atom. The molecule has 1 heterocycles. The molecule has 0 amide bonds. The van der Waals surface area contributed by atoms with Crippen molar-refractivity contribution < 1.29 is 0 Å². The normalized spacial score (nSPS) is 13.6. The maximum atomic E-state index is 6.00. The van der Waals surface area contributed by atoms with E-state index in [9.17, 15) is 0 Å². The van der Waals surface area contributed by atoms with Gasteiger partial charge >= 0.3 is 0 Å². The lowest BCUT2D eigenvalue weighted by molar-refractivity contribution is 0.239. The molecule has 0 spiro atoms. The summed E-state index contributed by atoms with van der Waals surface area (Å²) in [6, 6.07) is 9.06. The number of rotatable bonds is 5. The molecule has 1 aromatic carbocycles. The van der Waals surface area contributed by atoms with E-state index >= 15 is 0 Å². The molecular formula is C17H25N3S. The topological polar surface area (TPSA) is 42.2 Å². The summed E-state index contributed by atoms with van der Waals surface area (Å²) in [6.45, 7) is 8.13. The van der Waals surface area contributed by atoms with Crippen molar-refractivity contribution in [2.24, 2.45) is 5.73 Å². The number of benzene rings is 1. The molecule has 1 unspecified atom stereocenters. The highest BCUT2D eigenvalue weighted by molar-refractivity contribution is 7.07. The van der Waals surface area contributed by atoms with Crippen molar-refractivity contribution in [2.75, 3.05) is 13.6 Å². The van der Waals surface area contributed by atoms with Gasteiger partial charge < -0.3 is 5.73 Å². The molecule has 0 saturated carbocycles. The van der Waals surface area contributed by atoms with Gasteiger partial charge in [-0.1, -0.05) is 45.0 Å². The van der Waals surface area contributed by atoms with Crippen LogP contribution in [0.1, 0.15) is 43.6 Å². The molecule has 0 bridgehead atoms. The van der Waals surface area contributed by atoms with Crippen molar-refractivity contribution in [1.29, 1.82) is 0 Å². The van der Waals surface area contributed by atoms with Crippen LogP contribution in [0.25, 0.3) is 0 Å². The quantitative estimate of drug-likeness (QED) is 0.918. The molecule has 1 atom stereocenters. The molecule has 3 nitrogen and oxygen atoms in total. The molecule has 0 aliphatic rings. The number of thiazole rings is 1. The minimum Gasteiger partial charge on any atom is -0.329 e. The summed E-state index contributed by atoms with van der Waals surface area (Å²) in [7, 11) is 2.11. The van der Waals surface area contributed by atoms with E-state index in [1.54, 1.807) is 11.3 Å². The van der Waals surface area contributed by atoms with Crippen LogP contribution in [0.3, 0.4) is 0 Å². The zero-order valence-corrected chi connectivity index (χ0v) is 14.2. The van der Waals surface area contributed by atoms with Crippen LogP contribution in [-0.2, 0) is 12.0 Å². The van der Waals surface area contributed by atoms with Crippen LogP contribution in [0.5, 0.6) is 0 Å². The molecule has 21 heavy (non-hydrogen) atoms. The Balaban J connectivity index is 2.13. The van der Waals surface area contributed by atoms with Gasteiger partial charge in [0.15, 0.2) is 0 Å². The molecule has 2 aromatic rings. The SMILES string of the molecule is CN(Cc1cscn1)C(CN)c1ccc(C(C)(C)C)cc1. The van der Waals surface area contributed by atoms with Gasteiger partial charge in [0.25, 0.3) is 0 Å². The minimum atomic E-state index is 0.184. The summed E-state index contributed by atoms with van der Waals surface area (Å²) < 4.78 is 0. The van der Waals surface area contributed by atoms with Crippen molar-refractivity contribution >= 4 is 11.3 Å². The second kappa shape index (κ2) is 6.69. The van der Waals surface area contributed by atoms with E-state index in [0.717, 1.165) is 12.2 Å². The summed E-state index contributed by atoms with van der Waals surface area (Å²) in [5.41, 5.74) is 11.8. The van der Waals surface area contributed by atoms with Crippen LogP contribution in [0.15, 0.2) is 35.2 Å². The number of nitrogens with zero attached hydrogens (tertiary/aromatic N) is 2. The van der Waals surface area contributed by atoms with Gasteiger partial charge in [-0.25, -0.2) is 4.98 Å². The predicted octanol–water partition coefficient (Wildman–Crippen LogP) is 3.57. The molecule has 1 aromatic heterocycles. The summed E-state index contributed by atoms with van der Waals surface area (Å²) in [6.07, 6.45) is 0. The Hall–Kier alpha value is -1.23. The molecule has 2 rings (SSSR count). The number of aromatic nitrogens is 1. The number of nitrogens with two attached hydrogens (primary N) is 1. The van der Waals surface area contributed by atoms with Crippen LogP contribution < -0.4 is 5.73 Å². The number of likely N-dealkylation sites (N-methyl/N-ethyl adjacent to an activating group) is 1. The highest BCUT2D eigenvalue weighted by Crippen LogP contribution is 2.26. The third-order valence-corrected chi connectivity index (χ3v) is 4.45. The maximum absolute atomic E-state index is 6.00. The van der Waals surface area contributed by atoms with Gasteiger partial charge in [-0.2, -0.15) is 0 Å². The lowest BCUT2D eigenvalue weighted by Crippen LogP contribution is -2.30. The molecule has 0 fully saturated rings. The first-order chi connectivity index (χ1) is 9.91. The molecule has 4 heteroatoms. The van der Waals surface area contributed by atoms with Gasteiger partial charge in [0.1, 0.15) is 0 Å². The lowest BCUT2D eigenvalue weighted by Gasteiger charge is -2.27. The van der Waals surface area contributed by atoms with Crippen LogP contribution in [0.4, 0.5) is 0 Å². The average Bonchev–Trinajstić information content (AvgIpc) is 2.92. The predicted molar refractivity (Wildman–Crippen MR) is 90.5 cm³/mol. The van der Waals surface area contributed by atoms with E-state index in [1.807, 2.05) is 5.51 Å². The molecule has 114 valence electrons. The van der Waals surface area contributed by atoms with Crippen molar-refractivity contribution in [3.8, 4) is 0 Å². The van der Waals surface area contributed by atoms with Crippen molar-refractivity contribution in [1.82, 2.24) is 9.88 Å². The lowest BCUT2D eigenvalue weighted by atomic mass is 9.86. The van der Waals surface area contributed by atoms with Gasteiger partial charge in [-0.05, 0) is 23.6 Å². The van der Waals surface area contributed by atoms with Crippen LogP contribution >= 0.6 is 11.3 Å².